The van der Waals surface area contributed by atoms with Crippen LogP contribution in [-0.4, -0.2) is 44.9 Å². The van der Waals surface area contributed by atoms with Crippen molar-refractivity contribution in [3.63, 3.8) is 0 Å². The molecule has 0 atom stereocenters. The van der Waals surface area contributed by atoms with Gasteiger partial charge in [0.05, 0.1) is 10.5 Å². The lowest BCUT2D eigenvalue weighted by molar-refractivity contribution is -0.138. The molecule has 2 N–H and O–H groups in total. The van der Waals surface area contributed by atoms with Crippen LogP contribution in [0.15, 0.2) is 23.1 Å². The lowest BCUT2D eigenvalue weighted by atomic mass is 9.85. The Bertz CT molecular complexity index is 691. The molecule has 25 heavy (non-hydrogen) atoms. The number of benzene rings is 1. The lowest BCUT2D eigenvalue weighted by Gasteiger charge is -2.33. The summed E-state index contributed by atoms with van der Waals surface area (Å²) in [6.45, 7) is 7.17. The Morgan fingerprint density at radius 3 is 2.20 bits per heavy atom. The van der Waals surface area contributed by atoms with Gasteiger partial charge < -0.3 is 15.2 Å². The summed E-state index contributed by atoms with van der Waals surface area (Å²) in [5.41, 5.74) is -1.13. The number of carbonyl (C=O) groups excluding carboxylic acids is 1. The average Bonchev–Trinajstić information content (AvgIpc) is 2.46. The topological polar surface area (TPSA) is 92.7 Å². The van der Waals surface area contributed by atoms with Crippen molar-refractivity contribution >= 4 is 16.3 Å². The number of nitrogens with one attached hydrogen (secondary N) is 1. The maximum atomic E-state index is 13.5. The van der Waals surface area contributed by atoms with Crippen LogP contribution < -0.4 is 5.32 Å². The molecule has 0 unspecified atom stereocenters. The molecule has 0 bridgehead atoms. The molecule has 6 nitrogen and oxygen atoms in total. The van der Waals surface area contributed by atoms with Gasteiger partial charge in [0.2, 0.25) is 0 Å². The number of aliphatic hydroxyl groups is 1. The van der Waals surface area contributed by atoms with E-state index in [9.17, 15) is 22.7 Å². The number of sulfone groups is 1. The minimum atomic E-state index is -3.48. The molecular formula is C17H26FNO5S. The van der Waals surface area contributed by atoms with Crippen molar-refractivity contribution in [3.05, 3.63) is 29.6 Å². The van der Waals surface area contributed by atoms with Gasteiger partial charge in [0.1, 0.15) is 11.4 Å². The molecule has 8 heteroatoms. The molecule has 1 saturated heterocycles. The summed E-state index contributed by atoms with van der Waals surface area (Å²) in [5.74, 6) is -0.639. The Kier molecular flexibility index (Phi) is 7.10. The largest absolute Gasteiger partial charge is 0.462 e. The number of halogens is 1. The number of hydrogen-bond acceptors (Lipinski definition) is 6. The predicted molar refractivity (Wildman–Crippen MR) is 92.4 cm³/mol. The molecule has 0 aromatic heterocycles. The van der Waals surface area contributed by atoms with Gasteiger partial charge in [0.25, 0.3) is 6.47 Å². The highest BCUT2D eigenvalue weighted by Crippen LogP contribution is 2.32. The van der Waals surface area contributed by atoms with Crippen LogP contribution in [-0.2, 0) is 25.0 Å². The molecule has 0 radical (unpaired) electrons. The standard InChI is InChI=1S/C12H16FNO3S.C5H10O2/c1-18(16,17)11-7-9(6-10(13)8-11)12(15)2-4-14-5-3-12;1-5(2,3)7-4-6/h6-8,14-15H,2-5H2,1H3;4H,1-3H3. The minimum absolute atomic E-state index is 0.0931. The summed E-state index contributed by atoms with van der Waals surface area (Å²) in [6, 6.07) is 3.55. The highest BCUT2D eigenvalue weighted by molar-refractivity contribution is 7.90. The summed E-state index contributed by atoms with van der Waals surface area (Å²) in [7, 11) is -3.48. The zero-order valence-corrected chi connectivity index (χ0v) is 15.8. The molecule has 142 valence electrons. The highest BCUT2D eigenvalue weighted by atomic mass is 32.2. The van der Waals surface area contributed by atoms with Gasteiger partial charge in [0.15, 0.2) is 9.84 Å². The van der Waals surface area contributed by atoms with Gasteiger partial charge in [0, 0.05) is 6.26 Å². The molecule has 1 aliphatic rings. The van der Waals surface area contributed by atoms with E-state index >= 15 is 0 Å². The molecule has 0 spiro atoms. The average molecular weight is 375 g/mol. The summed E-state index contributed by atoms with van der Waals surface area (Å²) in [5, 5.41) is 13.6. The first-order valence-corrected chi connectivity index (χ1v) is 9.82. The maximum absolute atomic E-state index is 13.5. The monoisotopic (exact) mass is 375 g/mol. The first-order valence-electron chi connectivity index (χ1n) is 7.93. The van der Waals surface area contributed by atoms with E-state index in [1.807, 2.05) is 20.8 Å². The van der Waals surface area contributed by atoms with Crippen molar-refractivity contribution in [1.29, 1.82) is 0 Å². The third-order valence-electron chi connectivity index (χ3n) is 3.67. The van der Waals surface area contributed by atoms with Crippen molar-refractivity contribution in [2.75, 3.05) is 19.3 Å². The van der Waals surface area contributed by atoms with Gasteiger partial charge in [-0.2, -0.15) is 0 Å². The molecule has 2 rings (SSSR count). The second kappa shape index (κ2) is 8.25. The summed E-state index contributed by atoms with van der Waals surface area (Å²) in [6.07, 6.45) is 1.91. The van der Waals surface area contributed by atoms with E-state index in [4.69, 9.17) is 0 Å². The number of hydrogen-bond donors (Lipinski definition) is 2. The molecule has 1 aromatic rings. The van der Waals surface area contributed by atoms with E-state index in [1.165, 1.54) is 12.1 Å². The fraction of sp³-hybridized carbons (Fsp3) is 0.588. The van der Waals surface area contributed by atoms with Crippen molar-refractivity contribution < 1.29 is 27.4 Å². The summed E-state index contributed by atoms with van der Waals surface area (Å²) < 4.78 is 41.0. The number of ether oxygens (including phenoxy) is 1. The van der Waals surface area contributed by atoms with Crippen LogP contribution in [0, 0.1) is 5.82 Å². The normalized spacial score (nSPS) is 17.2. The molecule has 1 aromatic carbocycles. The van der Waals surface area contributed by atoms with E-state index in [0.717, 1.165) is 12.3 Å². The fourth-order valence-electron chi connectivity index (χ4n) is 2.32. The molecule has 0 saturated carbocycles. The van der Waals surface area contributed by atoms with Gasteiger partial charge in [-0.15, -0.1) is 0 Å². The van der Waals surface area contributed by atoms with Crippen molar-refractivity contribution in [1.82, 2.24) is 5.32 Å². The maximum Gasteiger partial charge on any atom is 0.293 e. The SMILES string of the molecule is CC(C)(C)OC=O.CS(=O)(=O)c1cc(F)cc(C2(O)CCNCC2)c1. The van der Waals surface area contributed by atoms with Crippen LogP contribution in [0.25, 0.3) is 0 Å². The Morgan fingerprint density at radius 1 is 1.24 bits per heavy atom. The fourth-order valence-corrected chi connectivity index (χ4v) is 2.99. The Balaban J connectivity index is 0.000000381. The van der Waals surface area contributed by atoms with Crippen molar-refractivity contribution in [3.8, 4) is 0 Å². The van der Waals surface area contributed by atoms with Crippen LogP contribution >= 0.6 is 0 Å². The number of carbonyl (C=O) groups is 1. The van der Waals surface area contributed by atoms with Gasteiger partial charge in [-0.25, -0.2) is 12.8 Å². The number of piperidine rings is 1. The van der Waals surface area contributed by atoms with Crippen LogP contribution in [0.3, 0.4) is 0 Å². The van der Waals surface area contributed by atoms with Gasteiger partial charge in [-0.1, -0.05) is 0 Å². The lowest BCUT2D eigenvalue weighted by Crippen LogP contribution is -2.39. The van der Waals surface area contributed by atoms with Crippen molar-refractivity contribution in [2.24, 2.45) is 0 Å². The quantitative estimate of drug-likeness (QED) is 0.782. The third-order valence-corrected chi connectivity index (χ3v) is 4.76. The predicted octanol–water partition coefficient (Wildman–Crippen LogP) is 1.76. The van der Waals surface area contributed by atoms with Crippen LogP contribution in [0.4, 0.5) is 4.39 Å². The zero-order valence-electron chi connectivity index (χ0n) is 15.0. The molecule has 1 aliphatic heterocycles. The van der Waals surface area contributed by atoms with Crippen LogP contribution in [0.5, 0.6) is 0 Å². The molecule has 1 fully saturated rings. The summed E-state index contributed by atoms with van der Waals surface area (Å²) >= 11 is 0. The molecule has 0 amide bonds. The van der Waals surface area contributed by atoms with Crippen LogP contribution in [0.2, 0.25) is 0 Å². The molecule has 0 aliphatic carbocycles. The third kappa shape index (κ3) is 7.09. The van der Waals surface area contributed by atoms with E-state index in [1.54, 1.807) is 0 Å². The Hall–Kier alpha value is -1.51. The summed E-state index contributed by atoms with van der Waals surface area (Å²) in [4.78, 5) is 9.51. The van der Waals surface area contributed by atoms with Crippen molar-refractivity contribution in [2.45, 2.75) is 49.7 Å². The van der Waals surface area contributed by atoms with Gasteiger partial charge in [-0.05, 0) is 70.5 Å². The van der Waals surface area contributed by atoms with Crippen LogP contribution in [0.1, 0.15) is 39.2 Å². The Morgan fingerprint density at radius 2 is 1.80 bits per heavy atom. The highest BCUT2D eigenvalue weighted by Gasteiger charge is 2.32. The zero-order chi connectivity index (χ0) is 19.3. The first kappa shape index (κ1) is 21.5. The second-order valence-electron chi connectivity index (χ2n) is 7.06. The smallest absolute Gasteiger partial charge is 0.293 e. The number of rotatable bonds is 3. The van der Waals surface area contributed by atoms with Gasteiger partial charge >= 0.3 is 0 Å². The van der Waals surface area contributed by atoms with E-state index < -0.39 is 21.3 Å². The molecular weight excluding hydrogens is 349 g/mol. The van der Waals surface area contributed by atoms with E-state index in [0.29, 0.717) is 38.0 Å². The van der Waals surface area contributed by atoms with Gasteiger partial charge in [-0.3, -0.25) is 4.79 Å². The first-order chi connectivity index (χ1) is 11.4. The van der Waals surface area contributed by atoms with E-state index in [-0.39, 0.29) is 10.5 Å². The second-order valence-corrected chi connectivity index (χ2v) is 9.07. The van der Waals surface area contributed by atoms with E-state index in [2.05, 4.69) is 10.1 Å². The Labute approximate surface area is 148 Å². The minimum Gasteiger partial charge on any atom is -0.462 e. The molecule has 1 heterocycles.